The molecule has 2 aliphatic carbocycles. The lowest BCUT2D eigenvalue weighted by Gasteiger charge is -2.33. The average molecular weight is 193 g/mol. The molecule has 3 fully saturated rings. The van der Waals surface area contributed by atoms with Gasteiger partial charge in [0.15, 0.2) is 0 Å². The van der Waals surface area contributed by atoms with Crippen molar-refractivity contribution in [2.75, 3.05) is 13.1 Å². The maximum absolute atomic E-state index is 11.8. The number of carbonyl (C=O) groups is 1. The molecule has 0 spiro atoms. The molecule has 0 aromatic rings. The Labute approximate surface area is 85.7 Å². The molecule has 3 unspecified atom stereocenters. The first kappa shape index (κ1) is 8.75. The summed E-state index contributed by atoms with van der Waals surface area (Å²) >= 11 is 0. The van der Waals surface area contributed by atoms with Crippen LogP contribution in [-0.2, 0) is 4.79 Å². The van der Waals surface area contributed by atoms with Crippen LogP contribution in [0.25, 0.3) is 0 Å². The number of hydrogen-bond donors (Lipinski definition) is 0. The quantitative estimate of drug-likeness (QED) is 0.657. The van der Waals surface area contributed by atoms with Crippen molar-refractivity contribution < 1.29 is 4.79 Å². The Balaban J connectivity index is 1.54. The normalized spacial score (nSPS) is 40.0. The maximum atomic E-state index is 11.8. The highest BCUT2D eigenvalue weighted by Gasteiger charge is 2.40. The van der Waals surface area contributed by atoms with Gasteiger partial charge >= 0.3 is 0 Å². The topological polar surface area (TPSA) is 20.3 Å². The van der Waals surface area contributed by atoms with Crippen LogP contribution in [-0.4, -0.2) is 23.9 Å². The number of amides is 1. The van der Waals surface area contributed by atoms with Crippen molar-refractivity contribution in [2.24, 2.45) is 17.8 Å². The Hall–Kier alpha value is -0.530. The van der Waals surface area contributed by atoms with Crippen LogP contribution in [0.3, 0.4) is 0 Å². The van der Waals surface area contributed by atoms with E-state index in [1.807, 2.05) is 4.90 Å². The van der Waals surface area contributed by atoms with Crippen molar-refractivity contribution in [2.45, 2.75) is 38.5 Å². The Morgan fingerprint density at radius 1 is 1.21 bits per heavy atom. The van der Waals surface area contributed by atoms with Gasteiger partial charge < -0.3 is 4.90 Å². The van der Waals surface area contributed by atoms with E-state index in [4.69, 9.17) is 0 Å². The van der Waals surface area contributed by atoms with E-state index < -0.39 is 0 Å². The largest absolute Gasteiger partial charge is 0.343 e. The monoisotopic (exact) mass is 193 g/mol. The van der Waals surface area contributed by atoms with E-state index in [1.165, 1.54) is 32.1 Å². The highest BCUT2D eigenvalue weighted by molar-refractivity contribution is 5.77. The third-order valence-corrected chi connectivity index (χ3v) is 4.53. The lowest BCUT2D eigenvalue weighted by Crippen LogP contribution is -2.43. The van der Waals surface area contributed by atoms with Crippen molar-refractivity contribution in [1.29, 1.82) is 0 Å². The standard InChI is InChI=1S/C12H19NO/c14-12(13-4-1-5-13)8-11-7-9-2-3-10(11)6-9/h9-11H,1-8H2. The zero-order chi connectivity index (χ0) is 9.54. The van der Waals surface area contributed by atoms with Crippen LogP contribution in [0.4, 0.5) is 0 Å². The van der Waals surface area contributed by atoms with Gasteiger partial charge in [-0.05, 0) is 43.4 Å². The third kappa shape index (κ3) is 1.35. The third-order valence-electron chi connectivity index (χ3n) is 4.53. The van der Waals surface area contributed by atoms with Crippen LogP contribution in [0, 0.1) is 17.8 Å². The molecule has 2 nitrogen and oxygen atoms in total. The summed E-state index contributed by atoms with van der Waals surface area (Å²) in [5, 5.41) is 0. The molecule has 1 amide bonds. The molecule has 1 heterocycles. The number of hydrogen-bond acceptors (Lipinski definition) is 1. The van der Waals surface area contributed by atoms with Gasteiger partial charge in [-0.15, -0.1) is 0 Å². The summed E-state index contributed by atoms with van der Waals surface area (Å²) in [6.45, 7) is 2.05. The van der Waals surface area contributed by atoms with Gasteiger partial charge in [-0.3, -0.25) is 4.79 Å². The van der Waals surface area contributed by atoms with E-state index in [-0.39, 0.29) is 0 Å². The first-order valence-electron chi connectivity index (χ1n) is 6.10. The minimum atomic E-state index is 0.439. The van der Waals surface area contributed by atoms with E-state index in [9.17, 15) is 4.79 Å². The molecular formula is C12H19NO. The van der Waals surface area contributed by atoms with Gasteiger partial charge in [0.25, 0.3) is 0 Å². The van der Waals surface area contributed by atoms with E-state index in [2.05, 4.69) is 0 Å². The Morgan fingerprint density at radius 2 is 2.07 bits per heavy atom. The molecule has 0 radical (unpaired) electrons. The molecule has 1 saturated heterocycles. The van der Waals surface area contributed by atoms with Gasteiger partial charge in [0, 0.05) is 19.5 Å². The summed E-state index contributed by atoms with van der Waals surface area (Å²) in [5.41, 5.74) is 0. The van der Waals surface area contributed by atoms with Crippen LogP contribution < -0.4 is 0 Å². The lowest BCUT2D eigenvalue weighted by atomic mass is 9.86. The first-order valence-corrected chi connectivity index (χ1v) is 6.10. The molecule has 0 aromatic heterocycles. The van der Waals surface area contributed by atoms with Gasteiger partial charge in [0.2, 0.25) is 5.91 Å². The Morgan fingerprint density at radius 3 is 2.57 bits per heavy atom. The molecule has 3 atom stereocenters. The number of carbonyl (C=O) groups excluding carboxylic acids is 1. The van der Waals surface area contributed by atoms with E-state index in [0.717, 1.165) is 37.3 Å². The predicted octanol–water partition coefficient (Wildman–Crippen LogP) is 2.04. The summed E-state index contributed by atoms with van der Waals surface area (Å²) in [6.07, 6.45) is 7.72. The molecule has 0 aromatic carbocycles. The molecular weight excluding hydrogens is 174 g/mol. The van der Waals surface area contributed by atoms with Crippen molar-refractivity contribution >= 4 is 5.91 Å². The fourth-order valence-corrected chi connectivity index (χ4v) is 3.55. The smallest absolute Gasteiger partial charge is 0.222 e. The number of fused-ring (bicyclic) bond motifs is 2. The second-order valence-corrected chi connectivity index (χ2v) is 5.37. The summed E-state index contributed by atoms with van der Waals surface area (Å²) in [7, 11) is 0. The van der Waals surface area contributed by atoms with E-state index >= 15 is 0 Å². The summed E-state index contributed by atoms with van der Waals surface area (Å²) in [4.78, 5) is 13.8. The molecule has 2 saturated carbocycles. The summed E-state index contributed by atoms with van der Waals surface area (Å²) in [6, 6.07) is 0. The number of nitrogens with zero attached hydrogens (tertiary/aromatic N) is 1. The minimum Gasteiger partial charge on any atom is -0.343 e. The highest BCUT2D eigenvalue weighted by Crippen LogP contribution is 2.49. The fourth-order valence-electron chi connectivity index (χ4n) is 3.55. The van der Waals surface area contributed by atoms with Crippen molar-refractivity contribution in [3.63, 3.8) is 0 Å². The van der Waals surface area contributed by atoms with Gasteiger partial charge in [-0.25, -0.2) is 0 Å². The van der Waals surface area contributed by atoms with Crippen molar-refractivity contribution in [3.05, 3.63) is 0 Å². The molecule has 3 aliphatic rings. The highest BCUT2D eigenvalue weighted by atomic mass is 16.2. The maximum Gasteiger partial charge on any atom is 0.222 e. The molecule has 14 heavy (non-hydrogen) atoms. The number of likely N-dealkylation sites (tertiary alicyclic amines) is 1. The second-order valence-electron chi connectivity index (χ2n) is 5.37. The zero-order valence-electron chi connectivity index (χ0n) is 8.74. The Kier molecular flexibility index (Phi) is 2.03. The molecule has 3 rings (SSSR count). The molecule has 78 valence electrons. The first-order chi connectivity index (χ1) is 6.83. The molecule has 2 bridgehead atoms. The van der Waals surface area contributed by atoms with Gasteiger partial charge in [-0.2, -0.15) is 0 Å². The molecule has 0 N–H and O–H groups in total. The predicted molar refractivity (Wildman–Crippen MR) is 54.8 cm³/mol. The summed E-state index contributed by atoms with van der Waals surface area (Å²) < 4.78 is 0. The fraction of sp³-hybridized carbons (Fsp3) is 0.917. The van der Waals surface area contributed by atoms with E-state index in [1.54, 1.807) is 0 Å². The van der Waals surface area contributed by atoms with E-state index in [0.29, 0.717) is 5.91 Å². The SMILES string of the molecule is O=C(CC1CC2CCC1C2)N1CCC1. The van der Waals surface area contributed by atoms with Crippen LogP contribution in [0.5, 0.6) is 0 Å². The van der Waals surface area contributed by atoms with Crippen molar-refractivity contribution in [1.82, 2.24) is 4.90 Å². The summed E-state index contributed by atoms with van der Waals surface area (Å²) in [5.74, 6) is 3.08. The van der Waals surface area contributed by atoms with Crippen LogP contribution in [0.15, 0.2) is 0 Å². The van der Waals surface area contributed by atoms with Crippen LogP contribution in [0.2, 0.25) is 0 Å². The lowest BCUT2D eigenvalue weighted by molar-refractivity contribution is -0.136. The zero-order valence-corrected chi connectivity index (χ0v) is 8.74. The van der Waals surface area contributed by atoms with Gasteiger partial charge in [0.1, 0.15) is 0 Å². The van der Waals surface area contributed by atoms with Crippen molar-refractivity contribution in [3.8, 4) is 0 Å². The van der Waals surface area contributed by atoms with Gasteiger partial charge in [-0.1, -0.05) is 6.42 Å². The minimum absolute atomic E-state index is 0.439. The average Bonchev–Trinajstić information content (AvgIpc) is 2.60. The second kappa shape index (κ2) is 3.25. The molecule has 2 heteroatoms. The molecule has 1 aliphatic heterocycles. The van der Waals surface area contributed by atoms with Crippen LogP contribution >= 0.6 is 0 Å². The van der Waals surface area contributed by atoms with Crippen LogP contribution in [0.1, 0.15) is 38.5 Å². The number of rotatable bonds is 2. The van der Waals surface area contributed by atoms with Gasteiger partial charge in [0.05, 0.1) is 0 Å². The Bertz CT molecular complexity index is 247.